The lowest BCUT2D eigenvalue weighted by molar-refractivity contribution is 0.576. The van der Waals surface area contributed by atoms with Crippen LogP contribution in [0.4, 0.5) is 0 Å². The van der Waals surface area contributed by atoms with Crippen LogP contribution in [0.25, 0.3) is 0 Å². The van der Waals surface area contributed by atoms with Crippen LogP contribution in [-0.2, 0) is 16.6 Å². The summed E-state index contributed by atoms with van der Waals surface area (Å²) in [6.45, 7) is 2.14. The largest absolute Gasteiger partial charge is 0.325 e. The molecular formula is C10H15N3O2S. The minimum absolute atomic E-state index is 0.0656. The monoisotopic (exact) mass is 241 g/mol. The Kier molecular flexibility index (Phi) is 2.96. The molecule has 0 radical (unpaired) electrons. The normalized spacial score (nSPS) is 24.4. The van der Waals surface area contributed by atoms with E-state index in [0.29, 0.717) is 11.6 Å². The molecule has 0 aromatic carbocycles. The van der Waals surface area contributed by atoms with E-state index in [1.165, 1.54) is 6.07 Å². The fourth-order valence-electron chi connectivity index (χ4n) is 1.57. The molecule has 16 heavy (non-hydrogen) atoms. The van der Waals surface area contributed by atoms with Crippen LogP contribution in [0.5, 0.6) is 0 Å². The topological polar surface area (TPSA) is 85.1 Å². The van der Waals surface area contributed by atoms with Crippen LogP contribution < -0.4 is 10.5 Å². The molecule has 3 N–H and O–H groups in total. The first-order valence-corrected chi connectivity index (χ1v) is 6.69. The van der Waals surface area contributed by atoms with Gasteiger partial charge in [-0.1, -0.05) is 6.92 Å². The Labute approximate surface area is 95.1 Å². The van der Waals surface area contributed by atoms with E-state index in [2.05, 4.69) is 9.71 Å². The Morgan fingerprint density at radius 2 is 2.31 bits per heavy atom. The first-order valence-electron chi connectivity index (χ1n) is 5.21. The summed E-state index contributed by atoms with van der Waals surface area (Å²) in [5.41, 5.74) is 5.87. The second kappa shape index (κ2) is 4.12. The van der Waals surface area contributed by atoms with E-state index in [1.807, 2.05) is 6.92 Å². The van der Waals surface area contributed by atoms with E-state index in [-0.39, 0.29) is 17.5 Å². The van der Waals surface area contributed by atoms with Crippen LogP contribution in [0, 0.1) is 5.92 Å². The number of pyridine rings is 1. The van der Waals surface area contributed by atoms with Gasteiger partial charge in [-0.15, -0.1) is 0 Å². The fourth-order valence-corrected chi connectivity index (χ4v) is 3.13. The Balaban J connectivity index is 2.28. The summed E-state index contributed by atoms with van der Waals surface area (Å²) in [5.74, 6) is 0.424. The van der Waals surface area contributed by atoms with Crippen LogP contribution in [0.15, 0.2) is 23.2 Å². The molecule has 1 fully saturated rings. The average molecular weight is 241 g/mol. The summed E-state index contributed by atoms with van der Waals surface area (Å²) in [6, 6.07) is 3.20. The summed E-state index contributed by atoms with van der Waals surface area (Å²) in [7, 11) is -3.47. The van der Waals surface area contributed by atoms with Gasteiger partial charge in [0.2, 0.25) is 10.0 Å². The van der Waals surface area contributed by atoms with Crippen molar-refractivity contribution in [3.8, 4) is 0 Å². The standard InChI is InChI=1S/C10H15N3O2S/c1-7-5-8(7)13-16(14,15)10-3-2-4-12-9(10)6-11/h2-4,7-8,13H,5-6,11H2,1H3. The molecule has 1 saturated carbocycles. The Bertz CT molecular complexity index is 487. The predicted octanol–water partition coefficient (Wildman–Crippen LogP) is 0.227. The summed E-state index contributed by atoms with van der Waals surface area (Å²) in [5, 5.41) is 0. The van der Waals surface area contributed by atoms with Crippen molar-refractivity contribution in [2.45, 2.75) is 30.8 Å². The fraction of sp³-hybridized carbons (Fsp3) is 0.500. The predicted molar refractivity (Wildman–Crippen MR) is 60.0 cm³/mol. The van der Waals surface area contributed by atoms with Crippen molar-refractivity contribution in [3.63, 3.8) is 0 Å². The molecule has 1 aliphatic rings. The highest BCUT2D eigenvalue weighted by Gasteiger charge is 2.36. The van der Waals surface area contributed by atoms with Gasteiger partial charge in [-0.25, -0.2) is 13.1 Å². The second-order valence-electron chi connectivity index (χ2n) is 4.09. The molecule has 0 aliphatic heterocycles. The van der Waals surface area contributed by atoms with E-state index in [4.69, 9.17) is 5.73 Å². The first-order chi connectivity index (χ1) is 7.54. The molecule has 0 spiro atoms. The van der Waals surface area contributed by atoms with Crippen molar-refractivity contribution in [3.05, 3.63) is 24.0 Å². The number of nitrogens with one attached hydrogen (secondary N) is 1. The molecular weight excluding hydrogens is 226 g/mol. The third kappa shape index (κ3) is 2.23. The molecule has 2 rings (SSSR count). The number of hydrogen-bond donors (Lipinski definition) is 2. The molecule has 1 heterocycles. The molecule has 1 aliphatic carbocycles. The van der Waals surface area contributed by atoms with Gasteiger partial charge in [-0.2, -0.15) is 0 Å². The van der Waals surface area contributed by atoms with E-state index in [1.54, 1.807) is 12.3 Å². The van der Waals surface area contributed by atoms with Crippen molar-refractivity contribution in [2.24, 2.45) is 11.7 Å². The van der Waals surface area contributed by atoms with Crippen molar-refractivity contribution in [2.75, 3.05) is 0 Å². The Morgan fingerprint density at radius 3 is 2.88 bits per heavy atom. The highest BCUT2D eigenvalue weighted by Crippen LogP contribution is 2.30. The van der Waals surface area contributed by atoms with Gasteiger partial charge in [-0.05, 0) is 24.5 Å². The van der Waals surface area contributed by atoms with Crippen molar-refractivity contribution in [1.82, 2.24) is 9.71 Å². The third-order valence-electron chi connectivity index (χ3n) is 2.75. The second-order valence-corrected chi connectivity index (χ2v) is 5.78. The molecule has 5 nitrogen and oxygen atoms in total. The van der Waals surface area contributed by atoms with E-state index in [0.717, 1.165) is 6.42 Å². The lowest BCUT2D eigenvalue weighted by Crippen LogP contribution is -2.28. The lowest BCUT2D eigenvalue weighted by Gasteiger charge is -2.08. The van der Waals surface area contributed by atoms with Gasteiger partial charge >= 0.3 is 0 Å². The quantitative estimate of drug-likeness (QED) is 0.790. The minimum atomic E-state index is -3.47. The SMILES string of the molecule is CC1CC1NS(=O)(=O)c1cccnc1CN. The van der Waals surface area contributed by atoms with Gasteiger partial charge in [-0.3, -0.25) is 4.98 Å². The molecule has 1 aromatic heterocycles. The Hall–Kier alpha value is -0.980. The molecule has 2 atom stereocenters. The highest BCUT2D eigenvalue weighted by atomic mass is 32.2. The number of rotatable bonds is 4. The smallest absolute Gasteiger partial charge is 0.242 e. The molecule has 0 saturated heterocycles. The first kappa shape index (κ1) is 11.5. The summed E-state index contributed by atoms with van der Waals surface area (Å²) < 4.78 is 26.7. The van der Waals surface area contributed by atoms with Crippen LogP contribution in [0.3, 0.4) is 0 Å². The molecule has 88 valence electrons. The van der Waals surface area contributed by atoms with Crippen molar-refractivity contribution in [1.29, 1.82) is 0 Å². The van der Waals surface area contributed by atoms with Crippen LogP contribution in [-0.4, -0.2) is 19.4 Å². The van der Waals surface area contributed by atoms with E-state index in [9.17, 15) is 8.42 Å². The van der Waals surface area contributed by atoms with Crippen molar-refractivity contribution >= 4 is 10.0 Å². The van der Waals surface area contributed by atoms with Gasteiger partial charge in [0.1, 0.15) is 4.90 Å². The minimum Gasteiger partial charge on any atom is -0.325 e. The maximum absolute atomic E-state index is 12.0. The van der Waals surface area contributed by atoms with E-state index < -0.39 is 10.0 Å². The van der Waals surface area contributed by atoms with E-state index >= 15 is 0 Å². The van der Waals surface area contributed by atoms with Gasteiger partial charge in [0.05, 0.1) is 5.69 Å². The highest BCUT2D eigenvalue weighted by molar-refractivity contribution is 7.89. The molecule has 2 unspecified atom stereocenters. The zero-order chi connectivity index (χ0) is 11.8. The summed E-state index contributed by atoms with van der Waals surface area (Å²) in [6.07, 6.45) is 2.44. The van der Waals surface area contributed by atoms with Gasteiger partial charge in [0.15, 0.2) is 0 Å². The molecule has 6 heteroatoms. The maximum Gasteiger partial charge on any atom is 0.242 e. The van der Waals surface area contributed by atoms with Crippen molar-refractivity contribution < 1.29 is 8.42 Å². The number of hydrogen-bond acceptors (Lipinski definition) is 4. The van der Waals surface area contributed by atoms with Gasteiger partial charge in [0.25, 0.3) is 0 Å². The summed E-state index contributed by atoms with van der Waals surface area (Å²) in [4.78, 5) is 4.16. The number of sulfonamides is 1. The van der Waals surface area contributed by atoms with Crippen LogP contribution in [0.2, 0.25) is 0 Å². The molecule has 1 aromatic rings. The average Bonchev–Trinajstić information content (AvgIpc) is 2.93. The molecule has 0 amide bonds. The Morgan fingerprint density at radius 1 is 1.62 bits per heavy atom. The number of nitrogens with two attached hydrogens (primary N) is 1. The van der Waals surface area contributed by atoms with Crippen LogP contribution in [0.1, 0.15) is 19.0 Å². The van der Waals surface area contributed by atoms with Gasteiger partial charge in [0, 0.05) is 18.8 Å². The lowest BCUT2D eigenvalue weighted by atomic mass is 10.3. The summed E-state index contributed by atoms with van der Waals surface area (Å²) >= 11 is 0. The number of aromatic nitrogens is 1. The maximum atomic E-state index is 12.0. The zero-order valence-corrected chi connectivity index (χ0v) is 9.87. The zero-order valence-electron chi connectivity index (χ0n) is 9.05. The van der Waals surface area contributed by atoms with Crippen LogP contribution >= 0.6 is 0 Å². The molecule has 0 bridgehead atoms. The third-order valence-corrected chi connectivity index (χ3v) is 4.31. The number of nitrogens with zero attached hydrogens (tertiary/aromatic N) is 1. The van der Waals surface area contributed by atoms with Gasteiger partial charge < -0.3 is 5.73 Å².